The molecule has 1 aromatic heterocycles. The van der Waals surface area contributed by atoms with Crippen LogP contribution in [0.25, 0.3) is 0 Å². The zero-order valence-corrected chi connectivity index (χ0v) is 15.4. The van der Waals surface area contributed by atoms with Gasteiger partial charge in [0.25, 0.3) is 0 Å². The van der Waals surface area contributed by atoms with Gasteiger partial charge in [0.1, 0.15) is 17.7 Å². The van der Waals surface area contributed by atoms with Gasteiger partial charge in [0.05, 0.1) is 12.2 Å². The Kier molecular flexibility index (Phi) is 5.81. The fraction of sp³-hybridized carbons (Fsp3) is 0.647. The number of rotatable bonds is 4. The number of ether oxygens (including phenoxy) is 2. The van der Waals surface area contributed by atoms with Gasteiger partial charge in [-0.25, -0.2) is 4.79 Å². The van der Waals surface area contributed by atoms with Crippen molar-refractivity contribution in [1.29, 1.82) is 0 Å². The van der Waals surface area contributed by atoms with Crippen molar-refractivity contribution in [3.05, 3.63) is 17.8 Å². The molecule has 2 heterocycles. The Morgan fingerprint density at radius 3 is 2.64 bits per heavy atom. The summed E-state index contributed by atoms with van der Waals surface area (Å²) in [5.41, 5.74) is 0.215. The Morgan fingerprint density at radius 1 is 1.32 bits per heavy atom. The standard InChI is InChI=1S/C17H26N4O4/c1-11-6-7-14(20-19-11)24-13-8-9-21(10-13)15(22)12(2)18-16(23)25-17(3,4)5/h6-7,12-13H,8-10H2,1-5H3,(H,18,23). The van der Waals surface area contributed by atoms with Gasteiger partial charge in [0.15, 0.2) is 0 Å². The number of nitrogens with zero attached hydrogens (tertiary/aromatic N) is 3. The highest BCUT2D eigenvalue weighted by Gasteiger charge is 2.31. The van der Waals surface area contributed by atoms with Crippen molar-refractivity contribution in [2.75, 3.05) is 13.1 Å². The van der Waals surface area contributed by atoms with Gasteiger partial charge in [-0.15, -0.1) is 5.10 Å². The third-order valence-electron chi connectivity index (χ3n) is 3.62. The van der Waals surface area contributed by atoms with Gasteiger partial charge in [-0.2, -0.15) is 5.10 Å². The first kappa shape index (κ1) is 19.0. The molecule has 2 amide bonds. The molecule has 2 atom stereocenters. The normalized spacial score (nSPS) is 18.6. The van der Waals surface area contributed by atoms with Crippen LogP contribution < -0.4 is 10.1 Å². The van der Waals surface area contributed by atoms with Crippen LogP contribution in [-0.4, -0.2) is 57.9 Å². The monoisotopic (exact) mass is 350 g/mol. The van der Waals surface area contributed by atoms with Crippen LogP contribution in [0.4, 0.5) is 4.79 Å². The van der Waals surface area contributed by atoms with E-state index in [4.69, 9.17) is 9.47 Å². The van der Waals surface area contributed by atoms with E-state index in [0.29, 0.717) is 25.4 Å². The first-order valence-corrected chi connectivity index (χ1v) is 8.39. The highest BCUT2D eigenvalue weighted by Crippen LogP contribution is 2.17. The average Bonchev–Trinajstić information content (AvgIpc) is 2.95. The number of carbonyl (C=O) groups is 2. The lowest BCUT2D eigenvalue weighted by molar-refractivity contribution is -0.132. The summed E-state index contributed by atoms with van der Waals surface area (Å²) in [6.45, 7) is 9.84. The number of hydrogen-bond acceptors (Lipinski definition) is 6. The molecule has 138 valence electrons. The zero-order chi connectivity index (χ0) is 18.6. The molecule has 1 saturated heterocycles. The topological polar surface area (TPSA) is 93.7 Å². The fourth-order valence-electron chi connectivity index (χ4n) is 2.46. The minimum atomic E-state index is -0.659. The van der Waals surface area contributed by atoms with Gasteiger partial charge in [0, 0.05) is 19.0 Å². The summed E-state index contributed by atoms with van der Waals surface area (Å²) in [5.74, 6) is 0.289. The Bertz CT molecular complexity index is 612. The van der Waals surface area contributed by atoms with Crippen molar-refractivity contribution in [3.63, 3.8) is 0 Å². The number of aryl methyl sites for hydroxylation is 1. The molecular weight excluding hydrogens is 324 g/mol. The van der Waals surface area contributed by atoms with Gasteiger partial charge >= 0.3 is 6.09 Å². The Morgan fingerprint density at radius 2 is 2.04 bits per heavy atom. The van der Waals surface area contributed by atoms with Crippen molar-refractivity contribution >= 4 is 12.0 Å². The van der Waals surface area contributed by atoms with Crippen molar-refractivity contribution in [2.45, 2.75) is 58.8 Å². The number of amides is 2. The summed E-state index contributed by atoms with van der Waals surface area (Å²) < 4.78 is 10.9. The maximum atomic E-state index is 12.5. The predicted molar refractivity (Wildman–Crippen MR) is 91.2 cm³/mol. The molecule has 1 aromatic rings. The predicted octanol–water partition coefficient (Wildman–Crippen LogP) is 1.68. The molecule has 0 bridgehead atoms. The van der Waals surface area contributed by atoms with E-state index in [1.165, 1.54) is 0 Å². The third kappa shape index (κ3) is 5.88. The largest absolute Gasteiger partial charge is 0.471 e. The zero-order valence-electron chi connectivity index (χ0n) is 15.4. The summed E-state index contributed by atoms with van der Waals surface area (Å²) in [7, 11) is 0. The molecular formula is C17H26N4O4. The number of nitrogens with one attached hydrogen (secondary N) is 1. The van der Waals surface area contributed by atoms with E-state index in [-0.39, 0.29) is 12.0 Å². The summed E-state index contributed by atoms with van der Waals surface area (Å²) >= 11 is 0. The average molecular weight is 350 g/mol. The van der Waals surface area contributed by atoms with E-state index >= 15 is 0 Å². The lowest BCUT2D eigenvalue weighted by Crippen LogP contribution is -2.47. The number of aromatic nitrogens is 2. The highest BCUT2D eigenvalue weighted by atomic mass is 16.6. The molecule has 8 heteroatoms. The number of hydrogen-bond donors (Lipinski definition) is 1. The van der Waals surface area contributed by atoms with Gasteiger partial charge in [0.2, 0.25) is 11.8 Å². The minimum Gasteiger partial charge on any atom is -0.471 e. The maximum Gasteiger partial charge on any atom is 0.408 e. The summed E-state index contributed by atoms with van der Waals surface area (Å²) in [5, 5.41) is 10.5. The van der Waals surface area contributed by atoms with Gasteiger partial charge in [-0.3, -0.25) is 4.79 Å². The van der Waals surface area contributed by atoms with Crippen molar-refractivity contribution in [2.24, 2.45) is 0 Å². The van der Waals surface area contributed by atoms with Crippen molar-refractivity contribution in [3.8, 4) is 5.88 Å². The van der Waals surface area contributed by atoms with Crippen molar-refractivity contribution < 1.29 is 19.1 Å². The van der Waals surface area contributed by atoms with Crippen LogP contribution in [-0.2, 0) is 9.53 Å². The van der Waals surface area contributed by atoms with Crippen LogP contribution in [0.1, 0.15) is 39.8 Å². The van der Waals surface area contributed by atoms with Crippen LogP contribution in [0.2, 0.25) is 0 Å². The number of alkyl carbamates (subject to hydrolysis) is 1. The second kappa shape index (κ2) is 7.67. The van der Waals surface area contributed by atoms with E-state index in [1.807, 2.05) is 13.0 Å². The molecule has 0 aromatic carbocycles. The lowest BCUT2D eigenvalue weighted by Gasteiger charge is -2.24. The first-order chi connectivity index (χ1) is 11.6. The van der Waals surface area contributed by atoms with Crippen LogP contribution in [0, 0.1) is 6.92 Å². The summed E-state index contributed by atoms with van der Waals surface area (Å²) in [6, 6.07) is 2.93. The molecule has 1 aliphatic heterocycles. The van der Waals surface area contributed by atoms with E-state index in [2.05, 4.69) is 15.5 Å². The smallest absolute Gasteiger partial charge is 0.408 e. The summed E-state index contributed by atoms with van der Waals surface area (Å²) in [6.07, 6.45) is -0.0227. The number of carbonyl (C=O) groups excluding carboxylic acids is 2. The Labute approximate surface area is 147 Å². The van der Waals surface area contributed by atoms with Crippen molar-refractivity contribution in [1.82, 2.24) is 20.4 Å². The lowest BCUT2D eigenvalue weighted by atomic mass is 10.2. The minimum absolute atomic E-state index is 0.130. The van der Waals surface area contributed by atoms with E-state index in [9.17, 15) is 9.59 Å². The van der Waals surface area contributed by atoms with E-state index in [1.54, 1.807) is 38.7 Å². The van der Waals surface area contributed by atoms with Gasteiger partial charge in [-0.1, -0.05) is 0 Å². The van der Waals surface area contributed by atoms with Crippen LogP contribution in [0.15, 0.2) is 12.1 Å². The molecule has 0 saturated carbocycles. The first-order valence-electron chi connectivity index (χ1n) is 8.39. The fourth-order valence-corrected chi connectivity index (χ4v) is 2.46. The van der Waals surface area contributed by atoms with Crippen LogP contribution >= 0.6 is 0 Å². The Balaban J connectivity index is 1.82. The molecule has 1 fully saturated rings. The molecule has 2 unspecified atom stereocenters. The molecule has 25 heavy (non-hydrogen) atoms. The summed E-state index contributed by atoms with van der Waals surface area (Å²) in [4.78, 5) is 25.9. The SMILES string of the molecule is Cc1ccc(OC2CCN(C(=O)C(C)NC(=O)OC(C)(C)C)C2)nn1. The number of likely N-dealkylation sites (tertiary alicyclic amines) is 1. The molecule has 2 rings (SSSR count). The third-order valence-corrected chi connectivity index (χ3v) is 3.62. The molecule has 1 aliphatic rings. The molecule has 0 spiro atoms. The van der Waals surface area contributed by atoms with Gasteiger partial charge < -0.3 is 19.7 Å². The Hall–Kier alpha value is -2.38. The van der Waals surface area contributed by atoms with Gasteiger partial charge in [-0.05, 0) is 40.7 Å². The second-order valence-electron chi connectivity index (χ2n) is 7.19. The molecule has 1 N–H and O–H groups in total. The maximum absolute atomic E-state index is 12.5. The quantitative estimate of drug-likeness (QED) is 0.888. The highest BCUT2D eigenvalue weighted by molar-refractivity contribution is 5.85. The molecule has 8 nitrogen and oxygen atoms in total. The molecule has 0 radical (unpaired) electrons. The van der Waals surface area contributed by atoms with Crippen LogP contribution in [0.5, 0.6) is 5.88 Å². The van der Waals surface area contributed by atoms with E-state index < -0.39 is 17.7 Å². The van der Waals surface area contributed by atoms with Crippen LogP contribution in [0.3, 0.4) is 0 Å². The molecule has 0 aliphatic carbocycles. The van der Waals surface area contributed by atoms with E-state index in [0.717, 1.165) is 5.69 Å². The second-order valence-corrected chi connectivity index (χ2v) is 7.19.